The van der Waals surface area contributed by atoms with Crippen LogP contribution >= 0.6 is 15.9 Å². The fourth-order valence-corrected chi connectivity index (χ4v) is 3.01. The van der Waals surface area contributed by atoms with Crippen LogP contribution in [0.2, 0.25) is 0 Å². The van der Waals surface area contributed by atoms with E-state index in [0.29, 0.717) is 18.4 Å². The SMILES string of the molecule is N#CC1(NC(=O)CCNC(=O)c2ccc(Br)cc2)CCCCC1. The third-order valence-corrected chi connectivity index (χ3v) is 4.57. The predicted octanol–water partition coefficient (Wildman–Crippen LogP) is 2.91. The number of hydrogen-bond acceptors (Lipinski definition) is 3. The Hall–Kier alpha value is -1.87. The number of halogens is 1. The summed E-state index contributed by atoms with van der Waals surface area (Å²) in [6.45, 7) is 0.252. The van der Waals surface area contributed by atoms with Gasteiger partial charge in [0.2, 0.25) is 5.91 Å². The molecule has 0 heterocycles. The zero-order valence-corrected chi connectivity index (χ0v) is 14.5. The number of nitrogens with zero attached hydrogens (tertiary/aromatic N) is 1. The molecule has 6 heteroatoms. The average Bonchev–Trinajstić information content (AvgIpc) is 2.56. The van der Waals surface area contributed by atoms with E-state index in [0.717, 1.165) is 23.7 Å². The second kappa shape index (κ2) is 8.11. The van der Waals surface area contributed by atoms with Crippen LogP contribution in [0.3, 0.4) is 0 Å². The zero-order valence-electron chi connectivity index (χ0n) is 12.9. The summed E-state index contributed by atoms with van der Waals surface area (Å²) in [4.78, 5) is 24.0. The molecule has 0 bridgehead atoms. The molecule has 0 aliphatic heterocycles. The maximum Gasteiger partial charge on any atom is 0.251 e. The van der Waals surface area contributed by atoms with Crippen molar-refractivity contribution in [3.05, 3.63) is 34.3 Å². The van der Waals surface area contributed by atoms with E-state index in [4.69, 9.17) is 0 Å². The summed E-state index contributed by atoms with van der Waals surface area (Å²) in [7, 11) is 0. The minimum absolute atomic E-state index is 0.172. The quantitative estimate of drug-likeness (QED) is 0.827. The summed E-state index contributed by atoms with van der Waals surface area (Å²) < 4.78 is 0.905. The van der Waals surface area contributed by atoms with Gasteiger partial charge in [-0.15, -0.1) is 0 Å². The average molecular weight is 378 g/mol. The van der Waals surface area contributed by atoms with Gasteiger partial charge in [0, 0.05) is 23.0 Å². The maximum atomic E-state index is 12.0. The molecule has 5 nitrogen and oxygen atoms in total. The summed E-state index contributed by atoms with van der Waals surface area (Å²) in [5.41, 5.74) is -0.167. The minimum atomic E-state index is -0.717. The lowest BCUT2D eigenvalue weighted by molar-refractivity contribution is -0.122. The number of nitrogens with one attached hydrogen (secondary N) is 2. The topological polar surface area (TPSA) is 82.0 Å². The standard InChI is InChI=1S/C17H20BrN3O2/c18-14-6-4-13(5-7-14)16(23)20-11-8-15(22)21-17(12-19)9-2-1-3-10-17/h4-7H,1-3,8-11H2,(H,20,23)(H,21,22). The Kier molecular flexibility index (Phi) is 6.17. The van der Waals surface area contributed by atoms with Gasteiger partial charge in [-0.25, -0.2) is 0 Å². The molecule has 0 spiro atoms. The highest BCUT2D eigenvalue weighted by Gasteiger charge is 2.33. The smallest absolute Gasteiger partial charge is 0.251 e. The van der Waals surface area contributed by atoms with Gasteiger partial charge in [-0.2, -0.15) is 5.26 Å². The van der Waals surface area contributed by atoms with Crippen LogP contribution in [-0.4, -0.2) is 23.9 Å². The van der Waals surface area contributed by atoms with Crippen LogP contribution in [-0.2, 0) is 4.79 Å². The Morgan fingerprint density at radius 3 is 2.43 bits per heavy atom. The molecule has 0 saturated heterocycles. The highest BCUT2D eigenvalue weighted by atomic mass is 79.9. The van der Waals surface area contributed by atoms with Crippen molar-refractivity contribution in [2.24, 2.45) is 0 Å². The van der Waals surface area contributed by atoms with Crippen LogP contribution in [0.4, 0.5) is 0 Å². The Labute approximate surface area is 144 Å². The molecule has 1 aliphatic carbocycles. The number of rotatable bonds is 5. The molecule has 122 valence electrons. The third kappa shape index (κ3) is 5.07. The number of carbonyl (C=O) groups is 2. The molecule has 0 unspecified atom stereocenters. The van der Waals surface area contributed by atoms with E-state index in [-0.39, 0.29) is 24.8 Å². The molecule has 1 aromatic carbocycles. The van der Waals surface area contributed by atoms with E-state index in [1.807, 2.05) is 0 Å². The van der Waals surface area contributed by atoms with Gasteiger partial charge in [0.15, 0.2) is 0 Å². The van der Waals surface area contributed by atoms with Crippen molar-refractivity contribution in [3.63, 3.8) is 0 Å². The highest BCUT2D eigenvalue weighted by molar-refractivity contribution is 9.10. The van der Waals surface area contributed by atoms with Gasteiger partial charge in [-0.3, -0.25) is 9.59 Å². The Bertz CT molecular complexity index is 601. The lowest BCUT2D eigenvalue weighted by atomic mass is 9.83. The van der Waals surface area contributed by atoms with Crippen LogP contribution in [0.1, 0.15) is 48.9 Å². The van der Waals surface area contributed by atoms with Crippen LogP contribution in [0.5, 0.6) is 0 Å². The number of hydrogen-bond donors (Lipinski definition) is 2. The minimum Gasteiger partial charge on any atom is -0.352 e. The van der Waals surface area contributed by atoms with Crippen LogP contribution in [0.15, 0.2) is 28.7 Å². The lowest BCUT2D eigenvalue weighted by Gasteiger charge is -2.31. The Morgan fingerprint density at radius 2 is 1.83 bits per heavy atom. The van der Waals surface area contributed by atoms with Crippen LogP contribution in [0.25, 0.3) is 0 Å². The van der Waals surface area contributed by atoms with Crippen molar-refractivity contribution in [1.29, 1.82) is 5.26 Å². The first-order valence-electron chi connectivity index (χ1n) is 7.81. The van der Waals surface area contributed by atoms with Crippen molar-refractivity contribution in [2.45, 2.75) is 44.1 Å². The third-order valence-electron chi connectivity index (χ3n) is 4.04. The Balaban J connectivity index is 1.77. The maximum absolute atomic E-state index is 12.0. The number of benzene rings is 1. The summed E-state index contributed by atoms with van der Waals surface area (Å²) in [5, 5.41) is 14.9. The van der Waals surface area contributed by atoms with Crippen molar-refractivity contribution < 1.29 is 9.59 Å². The van der Waals surface area contributed by atoms with E-state index in [2.05, 4.69) is 32.6 Å². The van der Waals surface area contributed by atoms with Gasteiger partial charge < -0.3 is 10.6 Å². The first-order chi connectivity index (χ1) is 11.0. The first-order valence-corrected chi connectivity index (χ1v) is 8.60. The van der Waals surface area contributed by atoms with Gasteiger partial charge in [-0.1, -0.05) is 35.2 Å². The summed E-state index contributed by atoms with van der Waals surface area (Å²) in [6, 6.07) is 9.27. The molecule has 23 heavy (non-hydrogen) atoms. The second-order valence-corrected chi connectivity index (χ2v) is 6.73. The molecule has 2 amide bonds. The van der Waals surface area contributed by atoms with Gasteiger partial charge in [0.05, 0.1) is 6.07 Å². The van der Waals surface area contributed by atoms with Crippen molar-refractivity contribution in [1.82, 2.24) is 10.6 Å². The zero-order chi connectivity index (χ0) is 16.7. The van der Waals surface area contributed by atoms with Gasteiger partial charge >= 0.3 is 0 Å². The summed E-state index contributed by atoms with van der Waals surface area (Å²) in [6.07, 6.45) is 4.64. The molecule has 1 aliphatic rings. The molecular weight excluding hydrogens is 358 g/mol. The summed E-state index contributed by atoms with van der Waals surface area (Å²) >= 11 is 3.31. The van der Waals surface area contributed by atoms with Gasteiger partial charge in [0.25, 0.3) is 5.91 Å². The van der Waals surface area contributed by atoms with Crippen LogP contribution < -0.4 is 10.6 Å². The molecule has 1 aromatic rings. The number of amides is 2. The molecular formula is C17H20BrN3O2. The highest BCUT2D eigenvalue weighted by Crippen LogP contribution is 2.27. The predicted molar refractivity (Wildman–Crippen MR) is 90.7 cm³/mol. The summed E-state index contributed by atoms with van der Waals surface area (Å²) in [5.74, 6) is -0.400. The van der Waals surface area contributed by atoms with Crippen LogP contribution in [0, 0.1) is 11.3 Å². The van der Waals surface area contributed by atoms with E-state index in [1.165, 1.54) is 0 Å². The fraction of sp³-hybridized carbons (Fsp3) is 0.471. The van der Waals surface area contributed by atoms with Crippen molar-refractivity contribution in [2.75, 3.05) is 6.54 Å². The molecule has 1 saturated carbocycles. The fourth-order valence-electron chi connectivity index (χ4n) is 2.74. The van der Waals surface area contributed by atoms with E-state index >= 15 is 0 Å². The largest absolute Gasteiger partial charge is 0.352 e. The number of carbonyl (C=O) groups excluding carboxylic acids is 2. The molecule has 2 rings (SSSR count). The molecule has 0 aromatic heterocycles. The molecule has 1 fully saturated rings. The normalized spacial score (nSPS) is 16.2. The van der Waals surface area contributed by atoms with Gasteiger partial charge in [-0.05, 0) is 37.1 Å². The molecule has 0 atom stereocenters. The monoisotopic (exact) mass is 377 g/mol. The van der Waals surface area contributed by atoms with Crippen molar-refractivity contribution in [3.8, 4) is 6.07 Å². The van der Waals surface area contributed by atoms with E-state index in [9.17, 15) is 14.9 Å². The van der Waals surface area contributed by atoms with Crippen molar-refractivity contribution >= 4 is 27.7 Å². The molecule has 2 N–H and O–H groups in total. The second-order valence-electron chi connectivity index (χ2n) is 5.82. The van der Waals surface area contributed by atoms with Gasteiger partial charge in [0.1, 0.15) is 5.54 Å². The Morgan fingerprint density at radius 1 is 1.17 bits per heavy atom. The van der Waals surface area contributed by atoms with E-state index < -0.39 is 5.54 Å². The number of nitriles is 1. The first kappa shape index (κ1) is 17.5. The lowest BCUT2D eigenvalue weighted by Crippen LogP contribution is -2.49. The molecule has 0 radical (unpaired) electrons. The van der Waals surface area contributed by atoms with E-state index in [1.54, 1.807) is 24.3 Å².